The van der Waals surface area contributed by atoms with Gasteiger partial charge >= 0.3 is 12.1 Å². The summed E-state index contributed by atoms with van der Waals surface area (Å²) in [5.41, 5.74) is -2.05. The smallest absolute Gasteiger partial charge is 0.433 e. The van der Waals surface area contributed by atoms with Gasteiger partial charge in [0, 0.05) is 21.7 Å². The number of aliphatic carboxylic acids is 1. The lowest BCUT2D eigenvalue weighted by molar-refractivity contribution is -0.146. The summed E-state index contributed by atoms with van der Waals surface area (Å²) in [5, 5.41) is 18.0. The van der Waals surface area contributed by atoms with Crippen LogP contribution in [0.2, 0.25) is 10.0 Å². The van der Waals surface area contributed by atoms with Crippen molar-refractivity contribution in [1.29, 1.82) is 0 Å². The molecule has 0 bridgehead atoms. The largest absolute Gasteiger partial charge is 0.480 e. The second-order valence-corrected chi connectivity index (χ2v) is 8.72. The normalized spacial score (nSPS) is 12.2. The van der Waals surface area contributed by atoms with Crippen molar-refractivity contribution in [3.63, 3.8) is 0 Å². The Labute approximate surface area is 183 Å². The minimum atomic E-state index is -4.99. The second kappa shape index (κ2) is 8.15. The molecule has 1 aromatic heterocycles. The number of sulfonamides is 1. The Morgan fingerprint density at radius 3 is 2.23 bits per heavy atom. The number of rotatable bonds is 5. The van der Waals surface area contributed by atoms with Crippen LogP contribution < -0.4 is 5.14 Å². The third-order valence-electron chi connectivity index (χ3n) is 4.16. The molecule has 0 aliphatic rings. The summed E-state index contributed by atoms with van der Waals surface area (Å²) in [4.78, 5) is 10.9. The molecule has 13 heteroatoms. The lowest BCUT2D eigenvalue weighted by Gasteiger charge is -2.13. The van der Waals surface area contributed by atoms with E-state index in [0.717, 1.165) is 12.1 Å². The van der Waals surface area contributed by atoms with Crippen molar-refractivity contribution in [3.05, 3.63) is 58.2 Å². The van der Waals surface area contributed by atoms with Crippen molar-refractivity contribution >= 4 is 39.2 Å². The Morgan fingerprint density at radius 2 is 1.74 bits per heavy atom. The molecule has 31 heavy (non-hydrogen) atoms. The molecule has 0 fully saturated rings. The molecule has 3 rings (SSSR count). The summed E-state index contributed by atoms with van der Waals surface area (Å²) >= 11 is 12.0. The van der Waals surface area contributed by atoms with Crippen molar-refractivity contribution < 1.29 is 31.5 Å². The highest BCUT2D eigenvalue weighted by Gasteiger charge is 2.41. The summed E-state index contributed by atoms with van der Waals surface area (Å²) in [5.74, 6) is -1.54. The number of hydrogen-bond donors (Lipinski definition) is 2. The molecule has 0 radical (unpaired) electrons. The first-order chi connectivity index (χ1) is 14.3. The van der Waals surface area contributed by atoms with Gasteiger partial charge in [0.25, 0.3) is 0 Å². The fourth-order valence-electron chi connectivity index (χ4n) is 2.94. The number of hydrogen-bond acceptors (Lipinski definition) is 4. The maximum Gasteiger partial charge on any atom is 0.433 e. The van der Waals surface area contributed by atoms with Crippen molar-refractivity contribution in [2.24, 2.45) is 5.14 Å². The average Bonchev–Trinajstić information content (AvgIpc) is 2.99. The van der Waals surface area contributed by atoms with Crippen LogP contribution in [0.15, 0.2) is 47.4 Å². The number of carboxylic acid groups (broad SMARTS) is 1. The Balaban J connectivity index is 2.37. The van der Waals surface area contributed by atoms with E-state index in [0.29, 0.717) is 4.68 Å². The van der Waals surface area contributed by atoms with Gasteiger partial charge in [0.15, 0.2) is 5.69 Å². The third-order valence-corrected chi connectivity index (χ3v) is 5.64. The molecule has 0 spiro atoms. The zero-order chi connectivity index (χ0) is 23.1. The lowest BCUT2D eigenvalue weighted by Crippen LogP contribution is -2.19. The van der Waals surface area contributed by atoms with E-state index >= 15 is 0 Å². The van der Waals surface area contributed by atoms with Crippen LogP contribution in [-0.4, -0.2) is 29.3 Å². The molecule has 1 heterocycles. The second-order valence-electron chi connectivity index (χ2n) is 6.31. The van der Waals surface area contributed by atoms with Crippen LogP contribution in [0, 0.1) is 0 Å². The van der Waals surface area contributed by atoms with Gasteiger partial charge < -0.3 is 5.11 Å². The number of carbonyl (C=O) groups is 1. The van der Waals surface area contributed by atoms with Crippen molar-refractivity contribution in [1.82, 2.24) is 9.78 Å². The predicted molar refractivity (Wildman–Crippen MR) is 107 cm³/mol. The average molecular weight is 494 g/mol. The van der Waals surface area contributed by atoms with Crippen LogP contribution in [0.1, 0.15) is 5.69 Å². The molecular weight excluding hydrogens is 482 g/mol. The zero-order valence-electron chi connectivity index (χ0n) is 15.2. The number of nitrogens with zero attached hydrogens (tertiary/aromatic N) is 2. The van der Waals surface area contributed by atoms with Crippen LogP contribution in [0.25, 0.3) is 22.4 Å². The molecule has 0 aliphatic heterocycles. The van der Waals surface area contributed by atoms with Crippen molar-refractivity contribution in [3.8, 4) is 22.4 Å². The highest BCUT2D eigenvalue weighted by atomic mass is 35.5. The summed E-state index contributed by atoms with van der Waals surface area (Å²) in [6.45, 7) is -1.07. The van der Waals surface area contributed by atoms with Crippen LogP contribution >= 0.6 is 23.2 Å². The molecule has 3 N–H and O–H groups in total. The third kappa shape index (κ3) is 4.85. The molecular formula is C18H12Cl2F3N3O4S. The Morgan fingerprint density at radius 1 is 1.13 bits per heavy atom. The lowest BCUT2D eigenvalue weighted by atomic mass is 9.98. The van der Waals surface area contributed by atoms with Crippen LogP contribution in [0.4, 0.5) is 13.2 Å². The van der Waals surface area contributed by atoms with Gasteiger partial charge in [0.1, 0.15) is 12.2 Å². The monoisotopic (exact) mass is 493 g/mol. The number of primary sulfonamides is 1. The molecule has 0 amide bonds. The van der Waals surface area contributed by atoms with Gasteiger partial charge in [-0.05, 0) is 24.3 Å². The van der Waals surface area contributed by atoms with Gasteiger partial charge in [-0.15, -0.1) is 0 Å². The van der Waals surface area contributed by atoms with Crippen LogP contribution in [-0.2, 0) is 27.5 Å². The number of carboxylic acids is 1. The Kier molecular flexibility index (Phi) is 6.07. The van der Waals surface area contributed by atoms with Crippen LogP contribution in [0.5, 0.6) is 0 Å². The van der Waals surface area contributed by atoms with Gasteiger partial charge in [-0.3, -0.25) is 4.79 Å². The first-order valence-corrected chi connectivity index (χ1v) is 10.6. The molecule has 2 aromatic carbocycles. The molecule has 0 unspecified atom stereocenters. The highest BCUT2D eigenvalue weighted by Crippen LogP contribution is 2.45. The number of aromatic nitrogens is 2. The maximum absolute atomic E-state index is 14.0. The van der Waals surface area contributed by atoms with Gasteiger partial charge in [-0.2, -0.15) is 18.3 Å². The minimum absolute atomic E-state index is 0.0828. The predicted octanol–water partition coefficient (Wildman–Crippen LogP) is 4.27. The number of alkyl halides is 3. The minimum Gasteiger partial charge on any atom is -0.480 e. The zero-order valence-corrected chi connectivity index (χ0v) is 17.5. The number of halogens is 5. The number of benzene rings is 2. The fraction of sp³-hybridized carbons (Fsp3) is 0.111. The van der Waals surface area contributed by atoms with E-state index < -0.39 is 40.0 Å². The van der Waals surface area contributed by atoms with Gasteiger partial charge in [0.05, 0.1) is 9.92 Å². The van der Waals surface area contributed by atoms with Gasteiger partial charge in [-0.1, -0.05) is 41.4 Å². The fourth-order valence-corrected chi connectivity index (χ4v) is 3.96. The standard InChI is InChI=1S/C18H12Cl2F3N3O4S/c19-10-3-6-12(13(20)7-10)15-16(9-1-4-11(5-2-9)31(24,29)30)25-26(8-14(27)28)17(15)18(21,22)23/h1-7H,8H2,(H,27,28)(H2,24,29,30). The van der Waals surface area contributed by atoms with E-state index in [4.69, 9.17) is 33.4 Å². The summed E-state index contributed by atoms with van der Waals surface area (Å²) < 4.78 is 65.2. The first-order valence-electron chi connectivity index (χ1n) is 8.27. The Bertz CT molecular complexity index is 1270. The summed E-state index contributed by atoms with van der Waals surface area (Å²) in [6.07, 6.45) is -4.99. The van der Waals surface area contributed by atoms with E-state index in [-0.39, 0.29) is 31.8 Å². The maximum atomic E-state index is 14.0. The summed E-state index contributed by atoms with van der Waals surface area (Å²) in [7, 11) is -4.04. The van der Waals surface area contributed by atoms with Gasteiger partial charge in [-0.25, -0.2) is 18.2 Å². The van der Waals surface area contributed by atoms with Crippen LogP contribution in [0.3, 0.4) is 0 Å². The SMILES string of the molecule is NS(=O)(=O)c1ccc(-c2nn(CC(=O)O)c(C(F)(F)F)c2-c2ccc(Cl)cc2Cl)cc1. The summed E-state index contributed by atoms with van der Waals surface area (Å²) in [6, 6.07) is 8.43. The molecule has 3 aromatic rings. The quantitative estimate of drug-likeness (QED) is 0.550. The van der Waals surface area contributed by atoms with Crippen molar-refractivity contribution in [2.75, 3.05) is 0 Å². The molecule has 0 saturated carbocycles. The van der Waals surface area contributed by atoms with Gasteiger partial charge in [0.2, 0.25) is 10.0 Å². The first kappa shape index (κ1) is 23.1. The highest BCUT2D eigenvalue weighted by molar-refractivity contribution is 7.89. The van der Waals surface area contributed by atoms with Crippen molar-refractivity contribution in [2.45, 2.75) is 17.6 Å². The molecule has 0 atom stereocenters. The topological polar surface area (TPSA) is 115 Å². The Hall–Kier alpha value is -2.60. The molecule has 0 aliphatic carbocycles. The van der Waals surface area contributed by atoms with E-state index in [2.05, 4.69) is 5.10 Å². The molecule has 164 valence electrons. The molecule has 7 nitrogen and oxygen atoms in total. The molecule has 0 saturated heterocycles. The number of nitrogens with two attached hydrogens (primary N) is 1. The van der Waals surface area contributed by atoms with E-state index in [1.807, 2.05) is 0 Å². The van der Waals surface area contributed by atoms with E-state index in [9.17, 15) is 26.4 Å². The van der Waals surface area contributed by atoms with E-state index in [1.54, 1.807) is 0 Å². The van der Waals surface area contributed by atoms with E-state index in [1.165, 1.54) is 30.3 Å².